The van der Waals surface area contributed by atoms with Crippen molar-refractivity contribution in [1.29, 1.82) is 0 Å². The number of likely N-dealkylation sites (tertiary alicyclic amines) is 1. The molecule has 0 bridgehead atoms. The van der Waals surface area contributed by atoms with Gasteiger partial charge in [-0.05, 0) is 32.9 Å². The predicted molar refractivity (Wildman–Crippen MR) is 55.7 cm³/mol. The highest BCUT2D eigenvalue weighted by Crippen LogP contribution is 2.37. The van der Waals surface area contributed by atoms with Gasteiger partial charge in [-0.1, -0.05) is 5.10 Å². The van der Waals surface area contributed by atoms with E-state index < -0.39 is 0 Å². The molecule has 82 valence electrons. The van der Waals surface area contributed by atoms with Gasteiger partial charge in [0.15, 0.2) is 0 Å². The number of hydrogen-bond donors (Lipinski definition) is 0. The number of hydrogen-bond acceptors (Lipinski definition) is 5. The van der Waals surface area contributed by atoms with Crippen molar-refractivity contribution in [3.8, 4) is 0 Å². The lowest BCUT2D eigenvalue weighted by atomic mass is 9.96. The maximum Gasteiger partial charge on any atom is 0.317 e. The van der Waals surface area contributed by atoms with Crippen LogP contribution in [0.3, 0.4) is 0 Å². The second-order valence-corrected chi connectivity index (χ2v) is 4.64. The van der Waals surface area contributed by atoms with E-state index >= 15 is 0 Å². The molecule has 3 heterocycles. The predicted octanol–water partition coefficient (Wildman–Crippen LogP) is 0.744. The normalized spacial score (nSPS) is 31.9. The van der Waals surface area contributed by atoms with Crippen LogP contribution < -0.4 is 4.90 Å². The summed E-state index contributed by atoms with van der Waals surface area (Å²) < 4.78 is 5.24. The van der Waals surface area contributed by atoms with E-state index in [1.165, 1.54) is 32.2 Å². The van der Waals surface area contributed by atoms with Crippen molar-refractivity contribution < 1.29 is 4.42 Å². The van der Waals surface area contributed by atoms with Crippen LogP contribution in [-0.2, 0) is 0 Å². The first-order valence-electron chi connectivity index (χ1n) is 5.53. The van der Waals surface area contributed by atoms with E-state index in [0.717, 1.165) is 13.1 Å². The third-order valence-corrected chi connectivity index (χ3v) is 3.90. The van der Waals surface area contributed by atoms with Gasteiger partial charge in [0.2, 0.25) is 6.39 Å². The number of aromatic nitrogens is 2. The molecule has 1 spiro atoms. The van der Waals surface area contributed by atoms with Gasteiger partial charge in [0.25, 0.3) is 0 Å². The fourth-order valence-electron chi connectivity index (χ4n) is 2.91. The van der Waals surface area contributed by atoms with E-state index in [9.17, 15) is 0 Å². The largest absolute Gasteiger partial charge is 0.411 e. The molecule has 15 heavy (non-hydrogen) atoms. The molecule has 0 saturated carbocycles. The first-order chi connectivity index (χ1) is 7.30. The van der Waals surface area contributed by atoms with E-state index in [4.69, 9.17) is 4.42 Å². The van der Waals surface area contributed by atoms with Crippen LogP contribution in [0.1, 0.15) is 19.3 Å². The first kappa shape index (κ1) is 9.15. The Balaban J connectivity index is 1.78. The molecule has 0 amide bonds. The van der Waals surface area contributed by atoms with Crippen LogP contribution in [0.25, 0.3) is 0 Å². The Labute approximate surface area is 89.1 Å². The number of anilines is 1. The quantitative estimate of drug-likeness (QED) is 0.681. The summed E-state index contributed by atoms with van der Waals surface area (Å²) in [5, 5.41) is 7.70. The smallest absolute Gasteiger partial charge is 0.317 e. The molecule has 1 atom stereocenters. The van der Waals surface area contributed by atoms with Crippen molar-refractivity contribution in [2.75, 3.05) is 31.6 Å². The molecule has 1 unspecified atom stereocenters. The lowest BCUT2D eigenvalue weighted by molar-refractivity contribution is 0.197. The summed E-state index contributed by atoms with van der Waals surface area (Å²) in [6.07, 6.45) is 5.23. The fourth-order valence-corrected chi connectivity index (χ4v) is 2.91. The van der Waals surface area contributed by atoms with Gasteiger partial charge in [0.1, 0.15) is 0 Å². The number of likely N-dealkylation sites (N-methyl/N-ethyl adjacent to an activating group) is 1. The Morgan fingerprint density at radius 1 is 1.40 bits per heavy atom. The van der Waals surface area contributed by atoms with E-state index in [1.54, 1.807) is 0 Å². The Morgan fingerprint density at radius 2 is 2.33 bits per heavy atom. The molecule has 0 aliphatic carbocycles. The van der Waals surface area contributed by atoms with Crippen LogP contribution in [0.2, 0.25) is 0 Å². The number of rotatable bonds is 1. The highest BCUT2D eigenvalue weighted by Gasteiger charge is 2.45. The van der Waals surface area contributed by atoms with Gasteiger partial charge in [0.05, 0.1) is 0 Å². The van der Waals surface area contributed by atoms with Gasteiger partial charge in [-0.25, -0.2) is 0 Å². The lowest BCUT2D eigenvalue weighted by Gasteiger charge is -2.31. The molecule has 5 nitrogen and oxygen atoms in total. The first-order valence-corrected chi connectivity index (χ1v) is 5.53. The molecule has 0 N–H and O–H groups in total. The van der Waals surface area contributed by atoms with Crippen molar-refractivity contribution in [2.45, 2.75) is 24.8 Å². The summed E-state index contributed by atoms with van der Waals surface area (Å²) in [5.74, 6) is 0. The molecule has 2 saturated heterocycles. The van der Waals surface area contributed by atoms with Crippen molar-refractivity contribution in [3.05, 3.63) is 6.39 Å². The maximum absolute atomic E-state index is 5.24. The van der Waals surface area contributed by atoms with Gasteiger partial charge >= 0.3 is 6.01 Å². The molecular formula is C10H16N4O. The van der Waals surface area contributed by atoms with Crippen LogP contribution in [0.15, 0.2) is 10.8 Å². The van der Waals surface area contributed by atoms with Crippen molar-refractivity contribution >= 4 is 6.01 Å². The highest BCUT2D eigenvalue weighted by molar-refractivity contribution is 5.29. The van der Waals surface area contributed by atoms with Gasteiger partial charge in [-0.15, -0.1) is 5.10 Å². The molecule has 2 aliphatic heterocycles. The second-order valence-electron chi connectivity index (χ2n) is 4.64. The summed E-state index contributed by atoms with van der Waals surface area (Å²) in [5.41, 5.74) is 0.370. The Kier molecular flexibility index (Phi) is 1.95. The Bertz CT molecular complexity index is 339. The third-order valence-electron chi connectivity index (χ3n) is 3.90. The Hall–Kier alpha value is -1.10. The number of nitrogens with zero attached hydrogens (tertiary/aromatic N) is 4. The van der Waals surface area contributed by atoms with E-state index in [2.05, 4.69) is 27.0 Å². The van der Waals surface area contributed by atoms with Gasteiger partial charge < -0.3 is 9.32 Å². The van der Waals surface area contributed by atoms with Gasteiger partial charge in [0, 0.05) is 18.6 Å². The van der Waals surface area contributed by atoms with Gasteiger partial charge in [-0.2, -0.15) is 0 Å². The molecule has 0 aromatic carbocycles. The summed E-state index contributed by atoms with van der Waals surface area (Å²) in [7, 11) is 2.23. The molecule has 0 radical (unpaired) electrons. The molecule has 5 heteroatoms. The molecular weight excluding hydrogens is 192 g/mol. The van der Waals surface area contributed by atoms with E-state index in [0.29, 0.717) is 11.6 Å². The van der Waals surface area contributed by atoms with Crippen LogP contribution in [-0.4, -0.2) is 47.3 Å². The fraction of sp³-hybridized carbons (Fsp3) is 0.800. The second kappa shape index (κ2) is 3.20. The van der Waals surface area contributed by atoms with Gasteiger partial charge in [-0.3, -0.25) is 4.90 Å². The van der Waals surface area contributed by atoms with Crippen molar-refractivity contribution in [2.24, 2.45) is 0 Å². The minimum Gasteiger partial charge on any atom is -0.411 e. The third kappa shape index (κ3) is 1.33. The van der Waals surface area contributed by atoms with E-state index in [1.807, 2.05) is 0 Å². The Morgan fingerprint density at radius 3 is 3.00 bits per heavy atom. The van der Waals surface area contributed by atoms with Crippen molar-refractivity contribution in [1.82, 2.24) is 15.1 Å². The topological polar surface area (TPSA) is 45.4 Å². The molecule has 1 aromatic heterocycles. The minimum atomic E-state index is 0.370. The highest BCUT2D eigenvalue weighted by atomic mass is 16.4. The molecule has 2 fully saturated rings. The van der Waals surface area contributed by atoms with E-state index in [-0.39, 0.29) is 0 Å². The average molecular weight is 208 g/mol. The summed E-state index contributed by atoms with van der Waals surface area (Å²) >= 11 is 0. The van der Waals surface area contributed by atoms with Crippen LogP contribution in [0.4, 0.5) is 6.01 Å². The SMILES string of the molecule is CN1CCCC12CCN(c1nnco1)C2. The maximum atomic E-state index is 5.24. The average Bonchev–Trinajstić information content (AvgIpc) is 2.92. The monoisotopic (exact) mass is 208 g/mol. The lowest BCUT2D eigenvalue weighted by Crippen LogP contribution is -2.43. The summed E-state index contributed by atoms with van der Waals surface area (Å²) in [4.78, 5) is 4.69. The van der Waals surface area contributed by atoms with Crippen LogP contribution in [0, 0.1) is 0 Å². The minimum absolute atomic E-state index is 0.370. The summed E-state index contributed by atoms with van der Waals surface area (Å²) in [6, 6.07) is 0.673. The van der Waals surface area contributed by atoms with Crippen LogP contribution in [0.5, 0.6) is 0 Å². The van der Waals surface area contributed by atoms with Crippen LogP contribution >= 0.6 is 0 Å². The van der Waals surface area contributed by atoms with Crippen molar-refractivity contribution in [3.63, 3.8) is 0 Å². The molecule has 3 rings (SSSR count). The zero-order chi connectivity index (χ0) is 10.3. The zero-order valence-electron chi connectivity index (χ0n) is 9.02. The summed E-state index contributed by atoms with van der Waals surface area (Å²) in [6.45, 7) is 3.29. The standard InChI is InChI=1S/C10H16N4O/c1-13-5-2-3-10(13)4-6-14(7-10)9-12-11-8-15-9/h8H,2-7H2,1H3. The molecule has 1 aromatic rings. The molecule has 2 aliphatic rings. The zero-order valence-corrected chi connectivity index (χ0v) is 9.02.